The lowest BCUT2D eigenvalue weighted by Gasteiger charge is -2.08. The van der Waals surface area contributed by atoms with E-state index in [0.29, 0.717) is 11.3 Å². The van der Waals surface area contributed by atoms with Crippen molar-refractivity contribution < 1.29 is 19.4 Å². The zero-order valence-corrected chi connectivity index (χ0v) is 10.8. The number of aliphatic carboxylic acids is 1. The predicted octanol–water partition coefficient (Wildman–Crippen LogP) is 2.04. The summed E-state index contributed by atoms with van der Waals surface area (Å²) in [5, 5.41) is 16.5. The topological polar surface area (TPSA) is 79.6 Å². The molecule has 5 nitrogen and oxygen atoms in total. The van der Waals surface area contributed by atoms with Crippen LogP contribution >= 0.6 is 12.6 Å². The summed E-state index contributed by atoms with van der Waals surface area (Å²) < 4.78 is 9.63. The fraction of sp³-hybridized carbons (Fsp3) is 0.167. The Morgan fingerprint density at radius 2 is 1.83 bits per heavy atom. The van der Waals surface area contributed by atoms with Gasteiger partial charge in [-0.15, -0.1) is 12.6 Å². The fourth-order valence-corrected chi connectivity index (χ4v) is 1.65. The summed E-state index contributed by atoms with van der Waals surface area (Å²) in [6, 6.07) is 6.68. The molecule has 0 radical (unpaired) electrons. The summed E-state index contributed by atoms with van der Waals surface area (Å²) in [5.74, 6) is -1.05. The summed E-state index contributed by atoms with van der Waals surface area (Å²) in [6.45, 7) is 0. The number of hydrogen-bond acceptors (Lipinski definition) is 5. The van der Waals surface area contributed by atoms with E-state index < -0.39 is 11.9 Å². The first kappa shape index (κ1) is 14.1. The molecule has 0 unspecified atom stereocenters. The van der Waals surface area contributed by atoms with E-state index in [0.717, 1.165) is 0 Å². The Morgan fingerprint density at radius 3 is 2.22 bits per heavy atom. The number of carboxylic acid groups (broad SMARTS) is 1. The maximum atomic E-state index is 11.1. The molecule has 0 saturated heterocycles. The maximum absolute atomic E-state index is 11.1. The molecule has 0 aliphatic heterocycles. The zero-order chi connectivity index (χ0) is 13.7. The molecule has 0 aliphatic rings. The lowest BCUT2D eigenvalue weighted by Crippen LogP contribution is -2.14. The molecule has 0 aromatic heterocycles. The number of benzene rings is 1. The average molecular weight is 267 g/mol. The highest BCUT2D eigenvalue weighted by Gasteiger charge is 2.19. The van der Waals surface area contributed by atoms with Gasteiger partial charge in [0.2, 0.25) is 5.90 Å². The van der Waals surface area contributed by atoms with Gasteiger partial charge in [-0.2, -0.15) is 0 Å². The minimum atomic E-state index is -1.26. The first-order chi connectivity index (χ1) is 8.51. The minimum absolute atomic E-state index is 0.164. The molecular formula is C12H13NO4S. The van der Waals surface area contributed by atoms with Gasteiger partial charge in [0.05, 0.1) is 14.2 Å². The number of hydrogen-bond donors (Lipinski definition) is 3. The van der Waals surface area contributed by atoms with Gasteiger partial charge in [-0.05, 0) is 17.7 Å². The third kappa shape index (κ3) is 3.04. The van der Waals surface area contributed by atoms with Crippen LogP contribution < -0.4 is 4.74 Å². The van der Waals surface area contributed by atoms with E-state index in [9.17, 15) is 4.79 Å². The molecule has 1 aromatic carbocycles. The van der Waals surface area contributed by atoms with Crippen LogP contribution in [0.5, 0.6) is 5.75 Å². The zero-order valence-electron chi connectivity index (χ0n) is 9.93. The van der Waals surface area contributed by atoms with Crippen LogP contribution in [-0.4, -0.2) is 31.2 Å². The number of ether oxygens (including phenoxy) is 2. The van der Waals surface area contributed by atoms with E-state index >= 15 is 0 Å². The second kappa shape index (κ2) is 6.11. The summed E-state index contributed by atoms with van der Waals surface area (Å²) in [5.41, 5.74) is 0.282. The molecule has 1 aromatic rings. The van der Waals surface area contributed by atoms with Crippen molar-refractivity contribution in [3.63, 3.8) is 0 Å². The smallest absolute Gasteiger partial charge is 0.342 e. The van der Waals surface area contributed by atoms with Crippen LogP contribution in [0, 0.1) is 5.41 Å². The van der Waals surface area contributed by atoms with E-state index in [4.69, 9.17) is 15.3 Å². The number of carbonyl (C=O) groups is 1. The first-order valence-electron chi connectivity index (χ1n) is 4.95. The molecule has 0 fully saturated rings. The van der Waals surface area contributed by atoms with Crippen molar-refractivity contribution in [1.29, 1.82) is 5.41 Å². The third-order valence-electron chi connectivity index (χ3n) is 2.25. The second-order valence-electron chi connectivity index (χ2n) is 3.29. The molecule has 18 heavy (non-hydrogen) atoms. The summed E-state index contributed by atoms with van der Waals surface area (Å²) in [7, 11) is 2.77. The Bertz CT molecular complexity index is 493. The monoisotopic (exact) mass is 267 g/mol. The van der Waals surface area contributed by atoms with Crippen LogP contribution in [0.25, 0.3) is 4.91 Å². The van der Waals surface area contributed by atoms with Crippen LogP contribution in [0.1, 0.15) is 5.56 Å². The van der Waals surface area contributed by atoms with E-state index in [1.165, 1.54) is 14.2 Å². The van der Waals surface area contributed by atoms with Crippen molar-refractivity contribution in [3.05, 3.63) is 35.4 Å². The second-order valence-corrected chi connectivity index (χ2v) is 3.74. The molecule has 0 bridgehead atoms. The van der Waals surface area contributed by atoms with Gasteiger partial charge in [0.1, 0.15) is 11.3 Å². The van der Waals surface area contributed by atoms with Crippen molar-refractivity contribution in [2.45, 2.75) is 0 Å². The Morgan fingerprint density at radius 1 is 1.28 bits per heavy atom. The molecule has 2 N–H and O–H groups in total. The van der Waals surface area contributed by atoms with Gasteiger partial charge in [-0.25, -0.2) is 4.79 Å². The van der Waals surface area contributed by atoms with Gasteiger partial charge in [0, 0.05) is 4.91 Å². The Labute approximate surface area is 110 Å². The molecule has 1 rings (SSSR count). The summed E-state index contributed by atoms with van der Waals surface area (Å²) in [6.07, 6.45) is 0. The standard InChI is InChI=1S/C12H13NO4S/c1-16-8-5-3-7(4-6-8)10(18)9(12(14)15)11(13)17-2/h3-6,13,18H,1-2H3,(H,14,15)/b10-9+,13-11?. The lowest BCUT2D eigenvalue weighted by atomic mass is 10.1. The molecule has 0 heterocycles. The molecule has 0 spiro atoms. The number of methoxy groups -OCH3 is 2. The van der Waals surface area contributed by atoms with E-state index in [1.807, 2.05) is 0 Å². The quantitative estimate of drug-likeness (QED) is 0.337. The first-order valence-corrected chi connectivity index (χ1v) is 5.39. The van der Waals surface area contributed by atoms with Crippen LogP contribution in [0.3, 0.4) is 0 Å². The Hall–Kier alpha value is -1.95. The number of nitrogens with one attached hydrogen (secondary N) is 1. The molecule has 0 aliphatic carbocycles. The molecule has 0 saturated carbocycles. The molecule has 6 heteroatoms. The highest BCUT2D eigenvalue weighted by atomic mass is 32.1. The highest BCUT2D eigenvalue weighted by Crippen LogP contribution is 2.25. The van der Waals surface area contributed by atoms with E-state index in [-0.39, 0.29) is 10.5 Å². The van der Waals surface area contributed by atoms with Gasteiger partial charge in [0.25, 0.3) is 0 Å². The molecular weight excluding hydrogens is 254 g/mol. The summed E-state index contributed by atoms with van der Waals surface area (Å²) >= 11 is 4.15. The number of rotatable bonds is 4. The molecule has 0 atom stereocenters. The van der Waals surface area contributed by atoms with Gasteiger partial charge in [-0.1, -0.05) is 12.1 Å². The van der Waals surface area contributed by atoms with Gasteiger partial charge in [-0.3, -0.25) is 5.41 Å². The SMILES string of the molecule is COC(=N)/C(C(=O)O)=C(\S)c1ccc(OC)cc1. The lowest BCUT2D eigenvalue weighted by molar-refractivity contribution is -0.132. The van der Waals surface area contributed by atoms with Crippen molar-refractivity contribution in [2.24, 2.45) is 0 Å². The van der Waals surface area contributed by atoms with Gasteiger partial charge >= 0.3 is 5.97 Å². The van der Waals surface area contributed by atoms with Crippen LogP contribution in [0.2, 0.25) is 0 Å². The van der Waals surface area contributed by atoms with E-state index in [1.54, 1.807) is 24.3 Å². The van der Waals surface area contributed by atoms with Crippen molar-refractivity contribution in [1.82, 2.24) is 0 Å². The average Bonchev–Trinajstić information content (AvgIpc) is 2.38. The van der Waals surface area contributed by atoms with Crippen molar-refractivity contribution in [3.8, 4) is 5.75 Å². The Kier molecular flexibility index (Phi) is 4.79. The number of thiol groups is 1. The summed E-state index contributed by atoms with van der Waals surface area (Å²) in [4.78, 5) is 11.2. The largest absolute Gasteiger partial charge is 0.497 e. The van der Waals surface area contributed by atoms with Gasteiger partial charge in [0.15, 0.2) is 0 Å². The fourth-order valence-electron chi connectivity index (χ4n) is 1.30. The van der Waals surface area contributed by atoms with Crippen LogP contribution in [-0.2, 0) is 9.53 Å². The van der Waals surface area contributed by atoms with Crippen molar-refractivity contribution >= 4 is 29.4 Å². The third-order valence-corrected chi connectivity index (χ3v) is 2.73. The Balaban J connectivity index is 3.24. The number of carboxylic acids is 1. The maximum Gasteiger partial charge on any atom is 0.342 e. The minimum Gasteiger partial charge on any atom is -0.497 e. The van der Waals surface area contributed by atoms with Crippen LogP contribution in [0.15, 0.2) is 29.8 Å². The van der Waals surface area contributed by atoms with Crippen LogP contribution in [0.4, 0.5) is 0 Å². The highest BCUT2D eigenvalue weighted by molar-refractivity contribution is 7.90. The normalized spacial score (nSPS) is 11.5. The molecule has 96 valence electrons. The van der Waals surface area contributed by atoms with Crippen molar-refractivity contribution in [2.75, 3.05) is 14.2 Å². The van der Waals surface area contributed by atoms with Gasteiger partial charge < -0.3 is 14.6 Å². The van der Waals surface area contributed by atoms with E-state index in [2.05, 4.69) is 17.4 Å². The molecule has 0 amide bonds. The predicted molar refractivity (Wildman–Crippen MR) is 71.3 cm³/mol.